The van der Waals surface area contributed by atoms with Gasteiger partial charge in [0.2, 0.25) is 0 Å². The Balaban J connectivity index is 2.56. The summed E-state index contributed by atoms with van der Waals surface area (Å²) in [5.74, 6) is 0. The molecule has 176 valence electrons. The molecule has 0 N–H and O–H groups in total. The van der Waals surface area contributed by atoms with Gasteiger partial charge >= 0.3 is 12.2 Å². The Labute approximate surface area is 184 Å². The van der Waals surface area contributed by atoms with Crippen LogP contribution in [0.4, 0.5) is 9.59 Å². The van der Waals surface area contributed by atoms with Crippen LogP contribution in [-0.2, 0) is 28.5 Å². The summed E-state index contributed by atoms with van der Waals surface area (Å²) in [5, 5.41) is 0. The highest BCUT2D eigenvalue weighted by atomic mass is 32.2. The Hall–Kier alpha value is -2.17. The fourth-order valence-electron chi connectivity index (χ4n) is 2.12. The molecule has 0 fully saturated rings. The minimum Gasteiger partial charge on any atom is -0.443 e. The lowest BCUT2D eigenvalue weighted by atomic mass is 10.2. The number of nitrogens with zero attached hydrogens (tertiary/aromatic N) is 1. The van der Waals surface area contributed by atoms with Gasteiger partial charge in [-0.2, -0.15) is 8.42 Å². The van der Waals surface area contributed by atoms with Gasteiger partial charge in [0.1, 0.15) is 11.2 Å². The fourth-order valence-corrected chi connectivity index (χ4v) is 3.02. The van der Waals surface area contributed by atoms with E-state index in [0.717, 1.165) is 10.5 Å². The highest BCUT2D eigenvalue weighted by Gasteiger charge is 2.30. The van der Waals surface area contributed by atoms with Crippen molar-refractivity contribution in [3.05, 3.63) is 29.8 Å². The van der Waals surface area contributed by atoms with Crippen molar-refractivity contribution in [2.75, 3.05) is 26.4 Å². The van der Waals surface area contributed by atoms with E-state index in [1.165, 1.54) is 12.1 Å². The molecule has 0 saturated carbocycles. The molecule has 9 nitrogen and oxygen atoms in total. The number of hydrogen-bond acceptors (Lipinski definition) is 8. The van der Waals surface area contributed by atoms with Gasteiger partial charge in [0.25, 0.3) is 10.1 Å². The van der Waals surface area contributed by atoms with Crippen LogP contribution in [0.1, 0.15) is 47.1 Å². The molecule has 2 amide bonds. The van der Waals surface area contributed by atoms with Gasteiger partial charge in [0.15, 0.2) is 0 Å². The minimum absolute atomic E-state index is 0.0492. The number of amides is 2. The van der Waals surface area contributed by atoms with E-state index in [1.807, 2.05) is 6.92 Å². The van der Waals surface area contributed by atoms with E-state index in [1.54, 1.807) is 53.7 Å². The molecule has 0 aromatic heterocycles. The topological polar surface area (TPSA) is 108 Å². The van der Waals surface area contributed by atoms with E-state index < -0.39 is 33.5 Å². The molecule has 0 heterocycles. The van der Waals surface area contributed by atoms with Crippen LogP contribution in [0, 0.1) is 6.92 Å². The minimum atomic E-state index is -3.89. The van der Waals surface area contributed by atoms with Gasteiger partial charge in [-0.15, -0.1) is 0 Å². The van der Waals surface area contributed by atoms with Crippen LogP contribution < -0.4 is 0 Å². The van der Waals surface area contributed by atoms with Gasteiger partial charge in [-0.05, 0) is 60.6 Å². The van der Waals surface area contributed by atoms with Gasteiger partial charge in [-0.3, -0.25) is 4.18 Å². The zero-order valence-corrected chi connectivity index (χ0v) is 20.1. The molecule has 0 spiro atoms. The SMILES string of the molecule is Cc1ccc(S(=O)(=O)OCCOCCN(C(=O)OC(C)(C)C)C(=O)OC(C)(C)C)cc1. The maximum absolute atomic E-state index is 12.4. The number of hydrogen-bond donors (Lipinski definition) is 0. The normalized spacial score (nSPS) is 12.4. The van der Waals surface area contributed by atoms with Crippen LogP contribution in [0.2, 0.25) is 0 Å². The van der Waals surface area contributed by atoms with Crippen molar-refractivity contribution in [2.45, 2.75) is 64.6 Å². The number of rotatable bonds is 8. The lowest BCUT2D eigenvalue weighted by molar-refractivity contribution is -0.00541. The van der Waals surface area contributed by atoms with Crippen LogP contribution in [0.3, 0.4) is 0 Å². The van der Waals surface area contributed by atoms with Crippen molar-refractivity contribution >= 4 is 22.3 Å². The van der Waals surface area contributed by atoms with Crippen molar-refractivity contribution in [1.82, 2.24) is 4.90 Å². The van der Waals surface area contributed by atoms with Crippen LogP contribution in [0.15, 0.2) is 29.2 Å². The van der Waals surface area contributed by atoms with E-state index in [-0.39, 0.29) is 31.3 Å². The molecule has 0 aliphatic rings. The third kappa shape index (κ3) is 10.6. The Kier molecular flexibility index (Phi) is 9.46. The fraction of sp³-hybridized carbons (Fsp3) is 0.619. The van der Waals surface area contributed by atoms with Crippen molar-refractivity contribution in [1.29, 1.82) is 0 Å². The molecule has 1 aromatic carbocycles. The van der Waals surface area contributed by atoms with Crippen molar-refractivity contribution in [3.63, 3.8) is 0 Å². The molecular formula is C21H33NO8S. The first kappa shape index (κ1) is 26.9. The molecule has 0 aliphatic heterocycles. The zero-order chi connectivity index (χ0) is 23.9. The molecule has 0 bridgehead atoms. The summed E-state index contributed by atoms with van der Waals surface area (Å²) in [6.07, 6.45) is -1.72. The second-order valence-electron chi connectivity index (χ2n) is 8.81. The lowest BCUT2D eigenvalue weighted by Gasteiger charge is -2.28. The highest BCUT2D eigenvalue weighted by Crippen LogP contribution is 2.15. The van der Waals surface area contributed by atoms with Crippen molar-refractivity contribution < 1.29 is 36.4 Å². The van der Waals surface area contributed by atoms with Crippen LogP contribution in [0.5, 0.6) is 0 Å². The average Bonchev–Trinajstić information content (AvgIpc) is 2.58. The summed E-state index contributed by atoms with van der Waals surface area (Å²) in [7, 11) is -3.89. The van der Waals surface area contributed by atoms with E-state index in [4.69, 9.17) is 18.4 Å². The first-order valence-corrected chi connectivity index (χ1v) is 11.3. The number of imide groups is 1. The van der Waals surface area contributed by atoms with Gasteiger partial charge in [0.05, 0.1) is 31.3 Å². The second-order valence-corrected chi connectivity index (χ2v) is 10.4. The molecule has 1 aromatic rings. The molecular weight excluding hydrogens is 426 g/mol. The first-order valence-electron chi connectivity index (χ1n) is 9.88. The third-order valence-electron chi connectivity index (χ3n) is 3.46. The number of aryl methyl sites for hydroxylation is 1. The summed E-state index contributed by atoms with van der Waals surface area (Å²) in [5.41, 5.74) is -0.658. The monoisotopic (exact) mass is 459 g/mol. The van der Waals surface area contributed by atoms with E-state index >= 15 is 0 Å². The molecule has 10 heteroatoms. The molecule has 0 atom stereocenters. The van der Waals surface area contributed by atoms with Crippen molar-refractivity contribution in [2.24, 2.45) is 0 Å². The summed E-state index contributed by atoms with van der Waals surface area (Å²) >= 11 is 0. The highest BCUT2D eigenvalue weighted by molar-refractivity contribution is 7.86. The second kappa shape index (κ2) is 10.9. The van der Waals surface area contributed by atoms with Crippen molar-refractivity contribution in [3.8, 4) is 0 Å². The van der Waals surface area contributed by atoms with Crippen LogP contribution >= 0.6 is 0 Å². The van der Waals surface area contributed by atoms with E-state index in [0.29, 0.717) is 0 Å². The quantitative estimate of drug-likeness (QED) is 0.425. The predicted molar refractivity (Wildman–Crippen MR) is 114 cm³/mol. The predicted octanol–water partition coefficient (Wildman–Crippen LogP) is 3.89. The summed E-state index contributed by atoms with van der Waals surface area (Å²) < 4.78 is 45.0. The molecule has 0 aliphatic carbocycles. The van der Waals surface area contributed by atoms with Crippen LogP contribution in [-0.4, -0.2) is 63.1 Å². The van der Waals surface area contributed by atoms with Gasteiger partial charge in [-0.1, -0.05) is 17.7 Å². The number of carbonyl (C=O) groups is 2. The Morgan fingerprint density at radius 2 is 1.32 bits per heavy atom. The number of benzene rings is 1. The lowest BCUT2D eigenvalue weighted by Crippen LogP contribution is -2.45. The smallest absolute Gasteiger partial charge is 0.419 e. The molecule has 1 rings (SSSR count). The zero-order valence-electron chi connectivity index (χ0n) is 19.3. The number of ether oxygens (including phenoxy) is 3. The molecule has 0 radical (unpaired) electrons. The van der Waals surface area contributed by atoms with Gasteiger partial charge in [0, 0.05) is 0 Å². The number of carbonyl (C=O) groups excluding carboxylic acids is 2. The average molecular weight is 460 g/mol. The maximum Gasteiger partial charge on any atom is 0.419 e. The van der Waals surface area contributed by atoms with E-state index in [9.17, 15) is 18.0 Å². The van der Waals surface area contributed by atoms with Crippen LogP contribution in [0.25, 0.3) is 0 Å². The van der Waals surface area contributed by atoms with Gasteiger partial charge < -0.3 is 14.2 Å². The Morgan fingerprint density at radius 3 is 1.77 bits per heavy atom. The summed E-state index contributed by atoms with van der Waals surface area (Å²) in [4.78, 5) is 25.6. The molecule has 31 heavy (non-hydrogen) atoms. The molecule has 0 unspecified atom stereocenters. The first-order chi connectivity index (χ1) is 14.1. The standard InChI is InChI=1S/C21H33NO8S/c1-16-8-10-17(11-9-16)31(25,26)28-15-14-27-13-12-22(18(23)29-20(2,3)4)19(24)30-21(5,6)7/h8-11H,12-15H2,1-7H3. The maximum atomic E-state index is 12.4. The van der Waals surface area contributed by atoms with E-state index in [2.05, 4.69) is 0 Å². The largest absolute Gasteiger partial charge is 0.443 e. The molecule has 0 saturated heterocycles. The van der Waals surface area contributed by atoms with Gasteiger partial charge in [-0.25, -0.2) is 14.5 Å². The Morgan fingerprint density at radius 1 is 0.839 bits per heavy atom. The Bertz CT molecular complexity index is 808. The third-order valence-corrected chi connectivity index (χ3v) is 4.79. The summed E-state index contributed by atoms with van der Waals surface area (Å²) in [6, 6.07) is 6.28. The summed E-state index contributed by atoms with van der Waals surface area (Å²) in [6.45, 7) is 11.5.